The highest BCUT2D eigenvalue weighted by Gasteiger charge is 2.30. The Hall–Kier alpha value is -2.16. The van der Waals surface area contributed by atoms with Crippen LogP contribution in [0.1, 0.15) is 58.2 Å². The van der Waals surface area contributed by atoms with E-state index in [4.69, 9.17) is 9.52 Å². The highest BCUT2D eigenvalue weighted by molar-refractivity contribution is 5.82. The molecule has 0 aliphatic carbocycles. The molecule has 1 aromatic rings. The van der Waals surface area contributed by atoms with E-state index in [1.807, 2.05) is 11.8 Å². The van der Waals surface area contributed by atoms with Crippen LogP contribution in [0.15, 0.2) is 9.52 Å². The van der Waals surface area contributed by atoms with Crippen molar-refractivity contribution < 1.29 is 9.32 Å². The van der Waals surface area contributed by atoms with Crippen LogP contribution in [-0.2, 0) is 11.2 Å². The Morgan fingerprint density at radius 1 is 1.10 bits per heavy atom. The summed E-state index contributed by atoms with van der Waals surface area (Å²) in [6.07, 6.45) is 2.91. The number of amides is 1. The lowest BCUT2D eigenvalue weighted by molar-refractivity contribution is -0.135. The van der Waals surface area contributed by atoms with Gasteiger partial charge in [-0.25, -0.2) is 0 Å². The third-order valence-corrected chi connectivity index (χ3v) is 5.86. The van der Waals surface area contributed by atoms with Gasteiger partial charge in [0.15, 0.2) is 11.8 Å². The standard InChI is InChI=1S/C21H37N7O2/c1-5-22-21(23-9-8-18-24-19(16(2)3)25-30-18)28-14-12-26(13-15-28)17(4)20(29)27-10-6-7-11-27/h16-17H,5-15H2,1-4H3,(H,22,23). The first-order valence-electron chi connectivity index (χ1n) is 11.4. The van der Waals surface area contributed by atoms with Crippen molar-refractivity contribution in [1.29, 1.82) is 0 Å². The number of guanidine groups is 1. The third-order valence-electron chi connectivity index (χ3n) is 5.86. The van der Waals surface area contributed by atoms with Crippen molar-refractivity contribution in [2.75, 3.05) is 52.4 Å². The predicted molar refractivity (Wildman–Crippen MR) is 116 cm³/mol. The van der Waals surface area contributed by atoms with Gasteiger partial charge in [0.1, 0.15) is 0 Å². The van der Waals surface area contributed by atoms with Crippen LogP contribution in [0.4, 0.5) is 0 Å². The topological polar surface area (TPSA) is 90.1 Å². The number of carbonyl (C=O) groups excluding carboxylic acids is 1. The first-order chi connectivity index (χ1) is 14.5. The van der Waals surface area contributed by atoms with Gasteiger partial charge in [0.05, 0.1) is 12.6 Å². The van der Waals surface area contributed by atoms with Crippen molar-refractivity contribution >= 4 is 11.9 Å². The maximum Gasteiger partial charge on any atom is 0.239 e. The van der Waals surface area contributed by atoms with Gasteiger partial charge >= 0.3 is 0 Å². The molecule has 1 atom stereocenters. The molecule has 3 heterocycles. The van der Waals surface area contributed by atoms with Gasteiger partial charge < -0.3 is 19.6 Å². The van der Waals surface area contributed by atoms with Gasteiger partial charge in [0, 0.05) is 58.2 Å². The van der Waals surface area contributed by atoms with E-state index in [-0.39, 0.29) is 17.9 Å². The van der Waals surface area contributed by atoms with Crippen LogP contribution < -0.4 is 5.32 Å². The smallest absolute Gasteiger partial charge is 0.239 e. The van der Waals surface area contributed by atoms with Gasteiger partial charge in [-0.3, -0.25) is 14.7 Å². The van der Waals surface area contributed by atoms with Crippen LogP contribution in [-0.4, -0.2) is 95.1 Å². The van der Waals surface area contributed by atoms with E-state index < -0.39 is 0 Å². The van der Waals surface area contributed by atoms with E-state index in [0.717, 1.165) is 70.4 Å². The molecule has 30 heavy (non-hydrogen) atoms. The normalized spacial score (nSPS) is 19.6. The summed E-state index contributed by atoms with van der Waals surface area (Å²) < 4.78 is 5.31. The molecule has 2 aliphatic heterocycles. The molecule has 2 fully saturated rings. The van der Waals surface area contributed by atoms with Crippen molar-refractivity contribution in [1.82, 2.24) is 30.2 Å². The van der Waals surface area contributed by atoms with Crippen molar-refractivity contribution in [2.24, 2.45) is 4.99 Å². The molecule has 0 radical (unpaired) electrons. The summed E-state index contributed by atoms with van der Waals surface area (Å²) in [5.74, 6) is 2.84. The zero-order chi connectivity index (χ0) is 21.5. The molecule has 2 saturated heterocycles. The Morgan fingerprint density at radius 2 is 1.80 bits per heavy atom. The maximum atomic E-state index is 12.7. The number of aromatic nitrogens is 2. The van der Waals surface area contributed by atoms with E-state index in [2.05, 4.69) is 46.0 Å². The minimum Gasteiger partial charge on any atom is -0.357 e. The van der Waals surface area contributed by atoms with Gasteiger partial charge in [0.2, 0.25) is 11.8 Å². The molecule has 0 saturated carbocycles. The third kappa shape index (κ3) is 5.71. The van der Waals surface area contributed by atoms with E-state index in [1.54, 1.807) is 0 Å². The quantitative estimate of drug-likeness (QED) is 0.527. The average molecular weight is 420 g/mol. The Bertz CT molecular complexity index is 704. The van der Waals surface area contributed by atoms with Crippen molar-refractivity contribution in [2.45, 2.75) is 58.9 Å². The summed E-state index contributed by atoms with van der Waals surface area (Å²) in [6, 6.07) is -0.0440. The summed E-state index contributed by atoms with van der Waals surface area (Å²) in [7, 11) is 0. The molecule has 2 aliphatic rings. The Kier molecular flexibility index (Phi) is 8.07. The molecule has 1 amide bonds. The number of nitrogens with zero attached hydrogens (tertiary/aromatic N) is 6. The molecule has 9 heteroatoms. The predicted octanol–water partition coefficient (Wildman–Crippen LogP) is 1.33. The van der Waals surface area contributed by atoms with Crippen LogP contribution in [0.3, 0.4) is 0 Å². The van der Waals surface area contributed by atoms with Gasteiger partial charge in [-0.2, -0.15) is 4.98 Å². The van der Waals surface area contributed by atoms with E-state index in [9.17, 15) is 4.79 Å². The second kappa shape index (κ2) is 10.7. The number of hydrogen-bond acceptors (Lipinski definition) is 6. The second-order valence-electron chi connectivity index (χ2n) is 8.42. The highest BCUT2D eigenvalue weighted by atomic mass is 16.5. The average Bonchev–Trinajstić information content (AvgIpc) is 3.44. The lowest BCUT2D eigenvalue weighted by Gasteiger charge is -2.39. The number of likely N-dealkylation sites (tertiary alicyclic amines) is 1. The first kappa shape index (κ1) is 22.5. The second-order valence-corrected chi connectivity index (χ2v) is 8.42. The number of nitrogens with one attached hydrogen (secondary N) is 1. The molecule has 168 valence electrons. The molecule has 0 spiro atoms. The summed E-state index contributed by atoms with van der Waals surface area (Å²) >= 11 is 0. The Labute approximate surface area is 179 Å². The minimum absolute atomic E-state index is 0.0440. The van der Waals surface area contributed by atoms with Gasteiger partial charge in [-0.15, -0.1) is 0 Å². The van der Waals surface area contributed by atoms with E-state index >= 15 is 0 Å². The Morgan fingerprint density at radius 3 is 2.40 bits per heavy atom. The van der Waals surface area contributed by atoms with Crippen molar-refractivity contribution in [3.05, 3.63) is 11.7 Å². The van der Waals surface area contributed by atoms with Crippen molar-refractivity contribution in [3.63, 3.8) is 0 Å². The molecule has 3 rings (SSSR count). The summed E-state index contributed by atoms with van der Waals surface area (Å²) in [5.41, 5.74) is 0. The zero-order valence-electron chi connectivity index (χ0n) is 18.9. The molecular formula is C21H37N7O2. The van der Waals surface area contributed by atoms with Crippen LogP contribution >= 0.6 is 0 Å². The number of aliphatic imine (C=N–C) groups is 1. The lowest BCUT2D eigenvalue weighted by atomic mass is 10.2. The Balaban J connectivity index is 1.50. The monoisotopic (exact) mass is 419 g/mol. The van der Waals surface area contributed by atoms with Gasteiger partial charge in [0.25, 0.3) is 0 Å². The fourth-order valence-corrected chi connectivity index (χ4v) is 3.97. The van der Waals surface area contributed by atoms with Crippen LogP contribution in [0.2, 0.25) is 0 Å². The summed E-state index contributed by atoms with van der Waals surface area (Å²) in [4.78, 5) is 28.5. The number of hydrogen-bond donors (Lipinski definition) is 1. The van der Waals surface area contributed by atoms with Crippen LogP contribution in [0, 0.1) is 0 Å². The molecule has 1 N–H and O–H groups in total. The van der Waals surface area contributed by atoms with Gasteiger partial charge in [-0.05, 0) is 26.7 Å². The number of rotatable bonds is 7. The van der Waals surface area contributed by atoms with Crippen molar-refractivity contribution in [3.8, 4) is 0 Å². The molecule has 0 aromatic carbocycles. The molecule has 1 unspecified atom stereocenters. The lowest BCUT2D eigenvalue weighted by Crippen LogP contribution is -2.57. The van der Waals surface area contributed by atoms with E-state index in [0.29, 0.717) is 18.9 Å². The molecule has 1 aromatic heterocycles. The summed E-state index contributed by atoms with van der Waals surface area (Å²) in [5, 5.41) is 7.40. The molecule has 9 nitrogen and oxygen atoms in total. The van der Waals surface area contributed by atoms with Crippen LogP contribution in [0.5, 0.6) is 0 Å². The van der Waals surface area contributed by atoms with E-state index in [1.165, 1.54) is 0 Å². The fraction of sp³-hybridized carbons (Fsp3) is 0.810. The SMILES string of the molecule is CCNC(=NCCc1nc(C(C)C)no1)N1CCN(C(C)C(=O)N2CCCC2)CC1. The van der Waals surface area contributed by atoms with Gasteiger partial charge in [-0.1, -0.05) is 19.0 Å². The first-order valence-corrected chi connectivity index (χ1v) is 11.4. The van der Waals surface area contributed by atoms with Crippen LogP contribution in [0.25, 0.3) is 0 Å². The molecular weight excluding hydrogens is 382 g/mol. The fourth-order valence-electron chi connectivity index (χ4n) is 3.97. The largest absolute Gasteiger partial charge is 0.357 e. The minimum atomic E-state index is -0.0440. The number of carbonyl (C=O) groups is 1. The highest BCUT2D eigenvalue weighted by Crippen LogP contribution is 2.14. The summed E-state index contributed by atoms with van der Waals surface area (Å²) in [6.45, 7) is 14.9. The zero-order valence-corrected chi connectivity index (χ0v) is 18.9. The maximum absolute atomic E-state index is 12.7. The molecule has 0 bridgehead atoms. The number of piperazine rings is 1.